The quantitative estimate of drug-likeness (QED) is 0.609. The van der Waals surface area contributed by atoms with Gasteiger partial charge in [0.1, 0.15) is 0 Å². The van der Waals surface area contributed by atoms with Crippen LogP contribution in [-0.2, 0) is 4.74 Å². The summed E-state index contributed by atoms with van der Waals surface area (Å²) in [6.07, 6.45) is 7.61. The van der Waals surface area contributed by atoms with E-state index in [0.717, 1.165) is 38.6 Å². The largest absolute Gasteiger partial charge is 0.381 e. The van der Waals surface area contributed by atoms with Gasteiger partial charge in [0.05, 0.1) is 0 Å². The Kier molecular flexibility index (Phi) is 8.67. The number of nitrogens with one attached hydrogen (secondary N) is 2. The molecule has 3 nitrogen and oxygen atoms in total. The lowest BCUT2D eigenvalue weighted by atomic mass is 9.99. The predicted molar refractivity (Wildman–Crippen MR) is 73.5 cm³/mol. The average Bonchev–Trinajstić information content (AvgIpc) is 2.35. The van der Waals surface area contributed by atoms with E-state index in [1.54, 1.807) is 0 Å². The second-order valence-corrected chi connectivity index (χ2v) is 5.20. The smallest absolute Gasteiger partial charge is 0.0478 e. The van der Waals surface area contributed by atoms with Crippen molar-refractivity contribution in [2.75, 3.05) is 26.3 Å². The highest BCUT2D eigenvalue weighted by atomic mass is 16.5. The SMILES string of the molecule is CCCOCCCNC(C)CC1CCCCN1. The van der Waals surface area contributed by atoms with E-state index in [4.69, 9.17) is 4.74 Å². The summed E-state index contributed by atoms with van der Waals surface area (Å²) >= 11 is 0. The van der Waals surface area contributed by atoms with Gasteiger partial charge in [0, 0.05) is 25.3 Å². The van der Waals surface area contributed by atoms with E-state index in [1.807, 2.05) is 0 Å². The van der Waals surface area contributed by atoms with Gasteiger partial charge in [0.25, 0.3) is 0 Å². The van der Waals surface area contributed by atoms with Crippen LogP contribution in [0.15, 0.2) is 0 Å². The zero-order valence-electron chi connectivity index (χ0n) is 11.6. The van der Waals surface area contributed by atoms with Crippen LogP contribution >= 0.6 is 0 Å². The summed E-state index contributed by atoms with van der Waals surface area (Å²) in [5, 5.41) is 7.19. The molecule has 0 amide bonds. The summed E-state index contributed by atoms with van der Waals surface area (Å²) in [7, 11) is 0. The zero-order chi connectivity index (χ0) is 12.3. The summed E-state index contributed by atoms with van der Waals surface area (Å²) in [4.78, 5) is 0. The van der Waals surface area contributed by atoms with Crippen LogP contribution in [-0.4, -0.2) is 38.4 Å². The van der Waals surface area contributed by atoms with E-state index in [-0.39, 0.29) is 0 Å². The van der Waals surface area contributed by atoms with Crippen molar-refractivity contribution in [1.82, 2.24) is 10.6 Å². The third-order valence-electron chi connectivity index (χ3n) is 3.36. The van der Waals surface area contributed by atoms with Crippen LogP contribution in [0, 0.1) is 0 Å². The lowest BCUT2D eigenvalue weighted by Gasteiger charge is -2.26. The standard InChI is InChI=1S/C14H30N2O/c1-3-10-17-11-6-9-15-13(2)12-14-7-4-5-8-16-14/h13-16H,3-12H2,1-2H3. The minimum Gasteiger partial charge on any atom is -0.381 e. The number of rotatable bonds is 9. The van der Waals surface area contributed by atoms with Crippen molar-refractivity contribution in [1.29, 1.82) is 0 Å². The Morgan fingerprint density at radius 1 is 1.35 bits per heavy atom. The zero-order valence-corrected chi connectivity index (χ0v) is 11.6. The molecule has 1 saturated heterocycles. The molecule has 0 aliphatic carbocycles. The summed E-state index contributed by atoms with van der Waals surface area (Å²) in [5.41, 5.74) is 0. The number of hydrogen-bond donors (Lipinski definition) is 2. The fraction of sp³-hybridized carbons (Fsp3) is 1.00. The van der Waals surface area contributed by atoms with Gasteiger partial charge >= 0.3 is 0 Å². The van der Waals surface area contributed by atoms with E-state index in [9.17, 15) is 0 Å². The van der Waals surface area contributed by atoms with Gasteiger partial charge in [-0.3, -0.25) is 0 Å². The normalized spacial score (nSPS) is 22.6. The summed E-state index contributed by atoms with van der Waals surface area (Å²) in [6.45, 7) is 8.54. The van der Waals surface area contributed by atoms with Crippen LogP contribution in [0.3, 0.4) is 0 Å². The Bertz CT molecular complexity index is 170. The lowest BCUT2D eigenvalue weighted by Crippen LogP contribution is -2.40. The Hall–Kier alpha value is -0.120. The third kappa shape index (κ3) is 7.74. The van der Waals surface area contributed by atoms with E-state index in [1.165, 1.54) is 32.2 Å². The molecule has 0 bridgehead atoms. The molecular formula is C14H30N2O. The van der Waals surface area contributed by atoms with E-state index >= 15 is 0 Å². The first-order valence-electron chi connectivity index (χ1n) is 7.37. The van der Waals surface area contributed by atoms with Crippen LogP contribution < -0.4 is 10.6 Å². The molecule has 17 heavy (non-hydrogen) atoms. The molecule has 1 heterocycles. The van der Waals surface area contributed by atoms with Crippen molar-refractivity contribution in [2.24, 2.45) is 0 Å². The highest BCUT2D eigenvalue weighted by molar-refractivity contribution is 4.76. The van der Waals surface area contributed by atoms with Crippen molar-refractivity contribution in [3.63, 3.8) is 0 Å². The van der Waals surface area contributed by atoms with E-state index in [2.05, 4.69) is 24.5 Å². The fourth-order valence-electron chi connectivity index (χ4n) is 2.40. The Morgan fingerprint density at radius 2 is 2.24 bits per heavy atom. The molecule has 2 unspecified atom stereocenters. The maximum atomic E-state index is 5.46. The first kappa shape index (κ1) is 14.9. The first-order valence-corrected chi connectivity index (χ1v) is 7.37. The van der Waals surface area contributed by atoms with Crippen LogP contribution in [0.25, 0.3) is 0 Å². The van der Waals surface area contributed by atoms with E-state index < -0.39 is 0 Å². The molecular weight excluding hydrogens is 212 g/mol. The lowest BCUT2D eigenvalue weighted by molar-refractivity contribution is 0.131. The third-order valence-corrected chi connectivity index (χ3v) is 3.36. The van der Waals surface area contributed by atoms with Gasteiger partial charge < -0.3 is 15.4 Å². The highest BCUT2D eigenvalue weighted by Crippen LogP contribution is 2.11. The summed E-state index contributed by atoms with van der Waals surface area (Å²) in [6, 6.07) is 1.36. The molecule has 0 saturated carbocycles. The fourth-order valence-corrected chi connectivity index (χ4v) is 2.40. The van der Waals surface area contributed by atoms with Gasteiger partial charge in [-0.15, -0.1) is 0 Å². The predicted octanol–water partition coefficient (Wildman–Crippen LogP) is 2.31. The molecule has 2 atom stereocenters. The second kappa shape index (κ2) is 9.86. The second-order valence-electron chi connectivity index (χ2n) is 5.20. The average molecular weight is 242 g/mol. The van der Waals surface area contributed by atoms with Crippen molar-refractivity contribution in [2.45, 2.75) is 64.5 Å². The molecule has 0 aromatic heterocycles. The molecule has 102 valence electrons. The summed E-state index contributed by atoms with van der Waals surface area (Å²) in [5.74, 6) is 0. The van der Waals surface area contributed by atoms with Crippen LogP contribution in [0.2, 0.25) is 0 Å². The van der Waals surface area contributed by atoms with Crippen LogP contribution in [0.4, 0.5) is 0 Å². The molecule has 0 aromatic rings. The molecule has 1 aliphatic heterocycles. The molecule has 1 aliphatic rings. The maximum absolute atomic E-state index is 5.46. The Labute approximate surface area is 107 Å². The molecule has 0 radical (unpaired) electrons. The number of hydrogen-bond acceptors (Lipinski definition) is 3. The molecule has 0 spiro atoms. The number of ether oxygens (including phenoxy) is 1. The van der Waals surface area contributed by atoms with Crippen molar-refractivity contribution in [3.8, 4) is 0 Å². The minimum absolute atomic E-state index is 0.622. The van der Waals surface area contributed by atoms with E-state index in [0.29, 0.717) is 6.04 Å². The van der Waals surface area contributed by atoms with Crippen molar-refractivity contribution in [3.05, 3.63) is 0 Å². The monoisotopic (exact) mass is 242 g/mol. The van der Waals surface area contributed by atoms with Gasteiger partial charge in [0.2, 0.25) is 0 Å². The van der Waals surface area contributed by atoms with Gasteiger partial charge in [0.15, 0.2) is 0 Å². The van der Waals surface area contributed by atoms with Gasteiger partial charge in [-0.1, -0.05) is 13.3 Å². The summed E-state index contributed by atoms with van der Waals surface area (Å²) < 4.78 is 5.46. The Balaban J connectivity index is 1.91. The number of piperidine rings is 1. The molecule has 1 rings (SSSR count). The minimum atomic E-state index is 0.622. The molecule has 2 N–H and O–H groups in total. The van der Waals surface area contributed by atoms with Crippen LogP contribution in [0.5, 0.6) is 0 Å². The molecule has 3 heteroatoms. The molecule has 1 fully saturated rings. The molecule has 0 aromatic carbocycles. The van der Waals surface area contributed by atoms with Gasteiger partial charge in [-0.25, -0.2) is 0 Å². The van der Waals surface area contributed by atoms with Crippen molar-refractivity contribution >= 4 is 0 Å². The topological polar surface area (TPSA) is 33.3 Å². The Morgan fingerprint density at radius 3 is 2.94 bits per heavy atom. The van der Waals surface area contributed by atoms with Gasteiger partial charge in [-0.2, -0.15) is 0 Å². The maximum Gasteiger partial charge on any atom is 0.0478 e. The first-order chi connectivity index (χ1) is 8.33. The van der Waals surface area contributed by atoms with Crippen molar-refractivity contribution < 1.29 is 4.74 Å². The van der Waals surface area contributed by atoms with Gasteiger partial charge in [-0.05, 0) is 52.1 Å². The van der Waals surface area contributed by atoms with Crippen LogP contribution in [0.1, 0.15) is 52.4 Å². The highest BCUT2D eigenvalue weighted by Gasteiger charge is 2.14.